The standard InChI is InChI=1S/C8H15NOS/c1-3-4-5-6-8(10)9-7(2)11/h3-6H2,1-2H3,(H,9,10,11). The summed E-state index contributed by atoms with van der Waals surface area (Å²) >= 11 is 4.72. The van der Waals surface area contributed by atoms with Crippen LogP contribution >= 0.6 is 12.2 Å². The average molecular weight is 173 g/mol. The van der Waals surface area contributed by atoms with Gasteiger partial charge in [0, 0.05) is 6.42 Å². The van der Waals surface area contributed by atoms with Gasteiger partial charge in [0.05, 0.1) is 4.99 Å². The van der Waals surface area contributed by atoms with Crippen LogP contribution in [0.5, 0.6) is 0 Å². The molecule has 0 saturated carbocycles. The van der Waals surface area contributed by atoms with E-state index in [1.165, 1.54) is 0 Å². The summed E-state index contributed by atoms with van der Waals surface area (Å²) in [6.45, 7) is 3.83. The zero-order valence-electron chi connectivity index (χ0n) is 7.14. The molecule has 0 radical (unpaired) electrons. The van der Waals surface area contributed by atoms with Crippen LogP contribution in [-0.2, 0) is 4.79 Å². The van der Waals surface area contributed by atoms with Crippen LogP contribution in [-0.4, -0.2) is 10.9 Å². The summed E-state index contributed by atoms with van der Waals surface area (Å²) in [5.41, 5.74) is 0. The molecular weight excluding hydrogens is 158 g/mol. The predicted octanol–water partition coefficient (Wildman–Crippen LogP) is 2.03. The maximum Gasteiger partial charge on any atom is 0.224 e. The summed E-state index contributed by atoms with van der Waals surface area (Å²) in [5, 5.41) is 2.59. The topological polar surface area (TPSA) is 29.1 Å². The highest BCUT2D eigenvalue weighted by Gasteiger charge is 1.99. The number of thiocarbonyl (C=S) groups is 1. The van der Waals surface area contributed by atoms with E-state index < -0.39 is 0 Å². The Bertz CT molecular complexity index is 145. The van der Waals surface area contributed by atoms with E-state index in [9.17, 15) is 4.79 Å². The molecule has 0 aliphatic carbocycles. The van der Waals surface area contributed by atoms with Crippen molar-refractivity contribution in [3.8, 4) is 0 Å². The molecular formula is C8H15NOS. The molecule has 0 bridgehead atoms. The SMILES string of the molecule is CCCCCC(=O)NC(C)=S. The monoisotopic (exact) mass is 173 g/mol. The zero-order chi connectivity index (χ0) is 8.69. The summed E-state index contributed by atoms with van der Waals surface area (Å²) in [6.07, 6.45) is 3.82. The number of nitrogens with one attached hydrogen (secondary N) is 1. The van der Waals surface area contributed by atoms with Crippen molar-refractivity contribution in [1.82, 2.24) is 5.32 Å². The van der Waals surface area contributed by atoms with Crippen molar-refractivity contribution in [3.05, 3.63) is 0 Å². The van der Waals surface area contributed by atoms with Gasteiger partial charge in [-0.2, -0.15) is 0 Å². The summed E-state index contributed by atoms with van der Waals surface area (Å²) in [6, 6.07) is 0. The third-order valence-corrected chi connectivity index (χ3v) is 1.42. The molecule has 1 amide bonds. The summed E-state index contributed by atoms with van der Waals surface area (Å²) in [5.74, 6) is 0.0472. The lowest BCUT2D eigenvalue weighted by molar-refractivity contribution is -0.119. The van der Waals surface area contributed by atoms with Crippen molar-refractivity contribution in [3.63, 3.8) is 0 Å². The molecule has 0 aromatic heterocycles. The molecule has 0 aromatic rings. The van der Waals surface area contributed by atoms with Crippen LogP contribution < -0.4 is 5.32 Å². The van der Waals surface area contributed by atoms with Gasteiger partial charge in [-0.15, -0.1) is 0 Å². The molecule has 2 nitrogen and oxygen atoms in total. The van der Waals surface area contributed by atoms with Crippen molar-refractivity contribution < 1.29 is 4.79 Å². The van der Waals surface area contributed by atoms with Crippen molar-refractivity contribution in [2.24, 2.45) is 0 Å². The van der Waals surface area contributed by atoms with E-state index in [0.717, 1.165) is 19.3 Å². The van der Waals surface area contributed by atoms with E-state index in [2.05, 4.69) is 12.2 Å². The smallest absolute Gasteiger partial charge is 0.224 e. The second kappa shape index (κ2) is 6.28. The van der Waals surface area contributed by atoms with E-state index in [0.29, 0.717) is 11.4 Å². The average Bonchev–Trinajstić information content (AvgIpc) is 1.86. The number of unbranched alkanes of at least 4 members (excludes halogenated alkanes) is 2. The highest BCUT2D eigenvalue weighted by atomic mass is 32.1. The van der Waals surface area contributed by atoms with E-state index >= 15 is 0 Å². The van der Waals surface area contributed by atoms with Gasteiger partial charge < -0.3 is 5.32 Å². The van der Waals surface area contributed by atoms with Gasteiger partial charge in [-0.1, -0.05) is 32.0 Å². The van der Waals surface area contributed by atoms with Crippen LogP contribution in [0.4, 0.5) is 0 Å². The fourth-order valence-corrected chi connectivity index (χ4v) is 0.908. The molecule has 0 atom stereocenters. The van der Waals surface area contributed by atoms with Gasteiger partial charge in [0.2, 0.25) is 5.91 Å². The maximum atomic E-state index is 10.9. The van der Waals surface area contributed by atoms with E-state index in [1.807, 2.05) is 0 Å². The molecule has 0 aliphatic rings. The Labute approximate surface area is 73.4 Å². The second-order valence-electron chi connectivity index (χ2n) is 2.56. The molecule has 0 aliphatic heterocycles. The third-order valence-electron chi connectivity index (χ3n) is 1.32. The zero-order valence-corrected chi connectivity index (χ0v) is 7.96. The molecule has 1 N–H and O–H groups in total. The van der Waals surface area contributed by atoms with Gasteiger partial charge in [0.15, 0.2) is 0 Å². The molecule has 64 valence electrons. The first-order valence-corrected chi connectivity index (χ1v) is 4.38. The highest BCUT2D eigenvalue weighted by molar-refractivity contribution is 7.80. The molecule has 0 heterocycles. The Morgan fingerprint density at radius 3 is 2.55 bits per heavy atom. The van der Waals surface area contributed by atoms with Crippen LogP contribution in [0.15, 0.2) is 0 Å². The Balaban J connectivity index is 3.30. The Kier molecular flexibility index (Phi) is 6.03. The predicted molar refractivity (Wildman–Crippen MR) is 50.6 cm³/mol. The van der Waals surface area contributed by atoms with Gasteiger partial charge >= 0.3 is 0 Å². The quantitative estimate of drug-likeness (QED) is 0.520. The molecule has 0 unspecified atom stereocenters. The number of amides is 1. The van der Waals surface area contributed by atoms with Crippen LogP contribution in [0.3, 0.4) is 0 Å². The fourth-order valence-electron chi connectivity index (χ4n) is 0.794. The fraction of sp³-hybridized carbons (Fsp3) is 0.750. The molecule has 3 heteroatoms. The van der Waals surface area contributed by atoms with Gasteiger partial charge in [0.1, 0.15) is 0 Å². The van der Waals surface area contributed by atoms with Crippen molar-refractivity contribution in [2.45, 2.75) is 39.5 Å². The number of carbonyl (C=O) groups is 1. The highest BCUT2D eigenvalue weighted by Crippen LogP contribution is 1.97. The number of rotatable bonds is 4. The minimum absolute atomic E-state index is 0.0472. The molecule has 0 rings (SSSR count). The largest absolute Gasteiger partial charge is 0.321 e. The summed E-state index contributed by atoms with van der Waals surface area (Å²) in [7, 11) is 0. The van der Waals surface area contributed by atoms with Crippen LogP contribution in [0.25, 0.3) is 0 Å². The second-order valence-corrected chi connectivity index (χ2v) is 3.17. The van der Waals surface area contributed by atoms with Crippen molar-refractivity contribution in [1.29, 1.82) is 0 Å². The first-order valence-electron chi connectivity index (χ1n) is 3.97. The Morgan fingerprint density at radius 2 is 2.09 bits per heavy atom. The number of carbonyl (C=O) groups excluding carboxylic acids is 1. The lowest BCUT2D eigenvalue weighted by Gasteiger charge is -2.00. The van der Waals surface area contributed by atoms with E-state index in [-0.39, 0.29) is 5.91 Å². The van der Waals surface area contributed by atoms with Gasteiger partial charge in [0.25, 0.3) is 0 Å². The van der Waals surface area contributed by atoms with Gasteiger partial charge in [-0.25, -0.2) is 0 Å². The normalized spacial score (nSPS) is 9.27. The molecule has 11 heavy (non-hydrogen) atoms. The van der Waals surface area contributed by atoms with Crippen LogP contribution in [0.1, 0.15) is 39.5 Å². The number of hydrogen-bond acceptors (Lipinski definition) is 2. The Morgan fingerprint density at radius 1 is 1.45 bits per heavy atom. The first kappa shape index (κ1) is 10.6. The van der Waals surface area contributed by atoms with Gasteiger partial charge in [-0.05, 0) is 13.3 Å². The minimum Gasteiger partial charge on any atom is -0.321 e. The summed E-state index contributed by atoms with van der Waals surface area (Å²) in [4.78, 5) is 11.5. The molecule has 0 spiro atoms. The van der Waals surface area contributed by atoms with Crippen molar-refractivity contribution in [2.75, 3.05) is 0 Å². The minimum atomic E-state index is 0.0472. The van der Waals surface area contributed by atoms with E-state index in [1.54, 1.807) is 6.92 Å². The van der Waals surface area contributed by atoms with Crippen LogP contribution in [0.2, 0.25) is 0 Å². The molecule has 0 fully saturated rings. The summed E-state index contributed by atoms with van der Waals surface area (Å²) < 4.78 is 0. The molecule has 0 aromatic carbocycles. The Hall–Kier alpha value is -0.440. The van der Waals surface area contributed by atoms with Crippen LogP contribution in [0, 0.1) is 0 Å². The lowest BCUT2D eigenvalue weighted by atomic mass is 10.2. The van der Waals surface area contributed by atoms with Crippen molar-refractivity contribution >= 4 is 23.1 Å². The lowest BCUT2D eigenvalue weighted by Crippen LogP contribution is -2.26. The number of hydrogen-bond donors (Lipinski definition) is 1. The molecule has 0 saturated heterocycles. The maximum absolute atomic E-state index is 10.9. The van der Waals surface area contributed by atoms with E-state index in [4.69, 9.17) is 12.2 Å². The first-order chi connectivity index (χ1) is 5.16. The van der Waals surface area contributed by atoms with Gasteiger partial charge in [-0.3, -0.25) is 4.79 Å². The third kappa shape index (κ3) is 7.46.